The minimum absolute atomic E-state index is 0.0160. The second-order valence-corrected chi connectivity index (χ2v) is 25.9. The third-order valence-corrected chi connectivity index (χ3v) is 19.3. The number of ether oxygens (including phenoxy) is 2. The molecule has 5 N–H and O–H groups in total. The first-order valence-electron chi connectivity index (χ1n) is 22.1. The quantitative estimate of drug-likeness (QED) is 0.0437. The lowest BCUT2D eigenvalue weighted by Gasteiger charge is -2.41. The van der Waals surface area contributed by atoms with Crippen LogP contribution in [0.15, 0.2) is 84.4 Å². The van der Waals surface area contributed by atoms with E-state index in [-0.39, 0.29) is 44.7 Å². The first-order valence-corrected chi connectivity index (χ1v) is 27.5. The van der Waals surface area contributed by atoms with Gasteiger partial charge in [0.15, 0.2) is 55.0 Å². The fourth-order valence-corrected chi connectivity index (χ4v) is 11.4. The molecule has 0 bridgehead atoms. The number of amides is 2. The van der Waals surface area contributed by atoms with E-state index in [2.05, 4.69) is 40.5 Å². The number of fused-ring (bicyclic) bond motifs is 2. The van der Waals surface area contributed by atoms with Crippen LogP contribution in [-0.4, -0.2) is 124 Å². The molecule has 0 spiro atoms. The number of phosphoric acid groups is 1. The summed E-state index contributed by atoms with van der Waals surface area (Å²) in [6.45, 7) is 11.9. The molecular weight excluding hydrogens is 971 g/mol. The number of carbonyl (C=O) groups excluding carboxylic acids is 3. The molecule has 6 heterocycles. The van der Waals surface area contributed by atoms with Gasteiger partial charge in [-0.15, -0.1) is 11.8 Å². The number of imidazole rings is 2. The summed E-state index contributed by atoms with van der Waals surface area (Å²) in [5.41, 5.74) is -0.272. The smallest absolute Gasteiger partial charge is 0.453 e. The van der Waals surface area contributed by atoms with Gasteiger partial charge in [0.1, 0.15) is 23.9 Å². The number of thioether (sulfide) groups is 1. The molecule has 0 radical (unpaired) electrons. The average Bonchev–Trinajstić information content (AvgIpc) is 4.10. The van der Waals surface area contributed by atoms with Crippen LogP contribution < -0.4 is 16.2 Å². The molecule has 2 aromatic carbocycles. The first kappa shape index (κ1) is 50.6. The van der Waals surface area contributed by atoms with E-state index in [0.29, 0.717) is 5.56 Å². The number of aromatic amines is 1. The molecule has 4 aromatic heterocycles. The van der Waals surface area contributed by atoms with Crippen LogP contribution in [0.2, 0.25) is 18.1 Å². The molecule has 70 heavy (non-hydrogen) atoms. The Balaban J connectivity index is 1.10. The molecule has 2 aliphatic heterocycles. The van der Waals surface area contributed by atoms with Crippen molar-refractivity contribution in [1.29, 1.82) is 0 Å². The van der Waals surface area contributed by atoms with Gasteiger partial charge < -0.3 is 29.2 Å². The Hall–Kier alpha value is -5.76. The maximum absolute atomic E-state index is 17.0. The number of halogens is 1. The Labute approximate surface area is 404 Å². The molecule has 9 atom stereocenters. The number of nitrogens with one attached hydrogen (secondary N) is 3. The maximum Gasteiger partial charge on any atom is 0.472 e. The Morgan fingerprint density at radius 3 is 2.24 bits per heavy atom. The molecule has 0 aliphatic carbocycles. The van der Waals surface area contributed by atoms with Crippen LogP contribution >= 0.6 is 19.6 Å². The average molecular weight is 1020 g/mol. The van der Waals surface area contributed by atoms with E-state index in [1.807, 2.05) is 33.9 Å². The van der Waals surface area contributed by atoms with Crippen LogP contribution in [0.4, 0.5) is 16.2 Å². The van der Waals surface area contributed by atoms with E-state index in [1.165, 1.54) is 33.9 Å². The Bertz CT molecular complexity index is 3000. The molecular formula is C44H52FN10O12PSSi. The highest BCUT2D eigenvalue weighted by molar-refractivity contribution is 8.00. The lowest BCUT2D eigenvalue weighted by atomic mass is 10.1. The van der Waals surface area contributed by atoms with Crippen LogP contribution in [0, 0.1) is 5.92 Å². The summed E-state index contributed by atoms with van der Waals surface area (Å²) in [6, 6.07) is 16.1. The van der Waals surface area contributed by atoms with Gasteiger partial charge in [0.2, 0.25) is 11.9 Å². The number of carbonyl (C=O) groups is 3. The molecule has 372 valence electrons. The number of aliphatic hydroxyl groups excluding tert-OH is 1. The summed E-state index contributed by atoms with van der Waals surface area (Å²) < 4.78 is 64.3. The van der Waals surface area contributed by atoms with Gasteiger partial charge in [-0.3, -0.25) is 42.9 Å². The normalized spacial score (nSPS) is 23.7. The highest BCUT2D eigenvalue weighted by atomic mass is 32.2. The summed E-state index contributed by atoms with van der Waals surface area (Å²) in [6.07, 6.45) is -5.92. The van der Waals surface area contributed by atoms with Crippen LogP contribution in [0.5, 0.6) is 0 Å². The molecule has 2 aliphatic rings. The van der Waals surface area contributed by atoms with Crippen molar-refractivity contribution in [3.05, 3.63) is 101 Å². The molecule has 1 unspecified atom stereocenters. The Kier molecular flexibility index (Phi) is 14.6. The van der Waals surface area contributed by atoms with E-state index in [4.69, 9.17) is 22.9 Å². The zero-order valence-corrected chi connectivity index (χ0v) is 41.7. The van der Waals surface area contributed by atoms with Crippen LogP contribution in [-0.2, 0) is 32.3 Å². The van der Waals surface area contributed by atoms with E-state index in [9.17, 15) is 33.7 Å². The van der Waals surface area contributed by atoms with Crippen LogP contribution in [0.1, 0.15) is 66.9 Å². The minimum atomic E-state index is -5.29. The lowest BCUT2D eigenvalue weighted by molar-refractivity contribution is -0.118. The zero-order valence-electron chi connectivity index (χ0n) is 39.0. The number of benzene rings is 2. The van der Waals surface area contributed by atoms with Crippen LogP contribution in [0.25, 0.3) is 22.3 Å². The van der Waals surface area contributed by atoms with Gasteiger partial charge in [0.25, 0.3) is 11.5 Å². The molecule has 26 heteroatoms. The van der Waals surface area contributed by atoms with Crippen molar-refractivity contribution in [1.82, 2.24) is 39.0 Å². The third-order valence-electron chi connectivity index (χ3n) is 12.3. The van der Waals surface area contributed by atoms with Crippen molar-refractivity contribution in [3.63, 3.8) is 0 Å². The first-order chi connectivity index (χ1) is 33.2. The van der Waals surface area contributed by atoms with Crippen LogP contribution in [0.3, 0.4) is 0 Å². The van der Waals surface area contributed by atoms with Gasteiger partial charge in [0.05, 0.1) is 42.8 Å². The number of esters is 1. The molecule has 22 nitrogen and oxygen atoms in total. The fraction of sp³-hybridized carbons (Fsp3) is 0.432. The van der Waals surface area contributed by atoms with Gasteiger partial charge >= 0.3 is 13.8 Å². The second-order valence-electron chi connectivity index (χ2n) is 18.4. The maximum atomic E-state index is 17.0. The summed E-state index contributed by atoms with van der Waals surface area (Å²) in [4.78, 5) is 88.0. The van der Waals surface area contributed by atoms with Gasteiger partial charge in [0, 0.05) is 11.5 Å². The van der Waals surface area contributed by atoms with Crippen molar-refractivity contribution in [2.24, 2.45) is 5.92 Å². The molecule has 8 rings (SSSR count). The third kappa shape index (κ3) is 10.5. The Morgan fingerprint density at radius 1 is 0.929 bits per heavy atom. The largest absolute Gasteiger partial charge is 0.472 e. The van der Waals surface area contributed by atoms with Crippen molar-refractivity contribution in [2.75, 3.05) is 23.8 Å². The van der Waals surface area contributed by atoms with Crippen molar-refractivity contribution in [2.45, 2.75) is 100 Å². The van der Waals surface area contributed by atoms with Crippen molar-refractivity contribution in [3.8, 4) is 0 Å². The summed E-state index contributed by atoms with van der Waals surface area (Å²) in [5.74, 6) is -2.45. The van der Waals surface area contributed by atoms with Gasteiger partial charge in [-0.25, -0.2) is 33.7 Å². The standard InChI is InChI=1S/C44H52FN10O12PSSi/c1-23(2)37(57)52-43-51-36-30(39(59)53-43)49-22-55(36)41-33(32(27(18-56)69-41)67-70(6,7)44(3,4)5)66-68(61,62)63-19-26-31(65-42(60)25-16-12-9-13-17-25)28(45)40(64-26)54-21-48-29-34(46-20-47-35(29)54)50-38(58)24-14-10-8-11-15-24/h8-17,20-23,26-28,31-33,40-41,56H,18-19H2,1-7H3,(H,61,62)(H,46,47,50,58)(H2,51,52,53,57,59)/t26-,27-,28+,31-,32-,33-,40-,41-/m1/s1. The number of hydrogen-bond donors (Lipinski definition) is 5. The van der Waals surface area contributed by atoms with E-state index >= 15 is 4.39 Å². The van der Waals surface area contributed by atoms with Gasteiger partial charge in [-0.2, -0.15) is 4.98 Å². The van der Waals surface area contributed by atoms with Crippen molar-refractivity contribution >= 4 is 79.8 Å². The number of rotatable bonds is 16. The number of aliphatic hydroxyl groups is 1. The number of nitrogens with zero attached hydrogens (tertiary/aromatic N) is 7. The minimum Gasteiger partial charge on any atom is -0.453 e. The highest BCUT2D eigenvalue weighted by Gasteiger charge is 2.55. The number of phosphoric ester groups is 1. The SMILES string of the molecule is CC(C)C(=O)Nc1nc2c(ncn2[C@@H]2S[C@H](CO)[C@@H](O[Si](C)(C)C(C)(C)C)[C@H]2OP(=O)(O)OC[C@H]2O[C@@H](n3cnc4c(NC(=O)c5ccccc5)ncnc43)[C@@H](F)[C@@H]2OC(=O)c2ccccc2)c(=O)[nH]1. The second kappa shape index (κ2) is 20.2. The summed E-state index contributed by atoms with van der Waals surface area (Å²) >= 11 is 1.12. The zero-order chi connectivity index (χ0) is 50.3. The molecule has 6 aromatic rings. The number of hydrogen-bond acceptors (Lipinski definition) is 17. The van der Waals surface area contributed by atoms with Crippen molar-refractivity contribution < 1.29 is 56.3 Å². The number of H-pyrrole nitrogens is 1. The lowest BCUT2D eigenvalue weighted by Crippen LogP contribution is -2.50. The number of aromatic nitrogens is 8. The summed E-state index contributed by atoms with van der Waals surface area (Å²) in [7, 11) is -8.04. The monoisotopic (exact) mass is 1020 g/mol. The van der Waals surface area contributed by atoms with E-state index in [0.717, 1.165) is 18.1 Å². The van der Waals surface area contributed by atoms with Gasteiger partial charge in [-0.05, 0) is 42.4 Å². The van der Waals surface area contributed by atoms with E-state index in [1.54, 1.807) is 62.4 Å². The molecule has 2 saturated heterocycles. The van der Waals surface area contributed by atoms with E-state index < -0.39 is 106 Å². The Morgan fingerprint density at radius 2 is 1.59 bits per heavy atom. The molecule has 2 fully saturated rings. The topological polar surface area (TPSA) is 286 Å². The molecule has 0 saturated carbocycles. The number of anilines is 2. The fourth-order valence-electron chi connectivity index (χ4n) is 7.49. The summed E-state index contributed by atoms with van der Waals surface area (Å²) in [5, 5.41) is 13.8. The predicted molar refractivity (Wildman–Crippen MR) is 256 cm³/mol. The predicted octanol–water partition coefficient (Wildman–Crippen LogP) is 5.77. The molecule has 2 amide bonds. The van der Waals surface area contributed by atoms with Gasteiger partial charge in [-0.1, -0.05) is 71.0 Å². The highest BCUT2D eigenvalue weighted by Crippen LogP contribution is 2.55. The number of alkyl halides is 1.